The summed E-state index contributed by atoms with van der Waals surface area (Å²) in [6, 6.07) is 11.9. The van der Waals surface area contributed by atoms with Crippen LogP contribution < -0.4 is 0 Å². The fourth-order valence-electron chi connectivity index (χ4n) is 1.55. The van der Waals surface area contributed by atoms with Crippen LogP contribution in [-0.4, -0.2) is 19.6 Å². The molecule has 0 unspecified atom stereocenters. The van der Waals surface area contributed by atoms with Gasteiger partial charge in [-0.3, -0.25) is 0 Å². The number of nitrogens with zero attached hydrogens (tertiary/aromatic N) is 4. The Morgan fingerprint density at radius 2 is 1.88 bits per heavy atom. The molecule has 4 heteroatoms. The SMILES string of the molecule is C(=Cc1nc2ncccn2n1)c1ccccc1. The first-order valence-corrected chi connectivity index (χ1v) is 5.32. The Kier molecular flexibility index (Phi) is 2.38. The van der Waals surface area contributed by atoms with Gasteiger partial charge in [-0.15, -0.1) is 5.10 Å². The van der Waals surface area contributed by atoms with Gasteiger partial charge < -0.3 is 0 Å². The van der Waals surface area contributed by atoms with Crippen LogP contribution in [0.1, 0.15) is 11.4 Å². The predicted molar refractivity (Wildman–Crippen MR) is 66.2 cm³/mol. The highest BCUT2D eigenvalue weighted by atomic mass is 15.3. The Balaban J connectivity index is 1.92. The molecule has 0 fully saturated rings. The van der Waals surface area contributed by atoms with Crippen molar-refractivity contribution in [1.29, 1.82) is 0 Å². The van der Waals surface area contributed by atoms with Gasteiger partial charge in [-0.05, 0) is 17.7 Å². The molecule has 2 heterocycles. The van der Waals surface area contributed by atoms with Crippen LogP contribution in [0.4, 0.5) is 0 Å². The van der Waals surface area contributed by atoms with E-state index in [9.17, 15) is 0 Å². The van der Waals surface area contributed by atoms with E-state index in [1.165, 1.54) is 0 Å². The summed E-state index contributed by atoms with van der Waals surface area (Å²) < 4.78 is 1.66. The van der Waals surface area contributed by atoms with Crippen LogP contribution in [0.25, 0.3) is 17.9 Å². The molecule has 0 bridgehead atoms. The van der Waals surface area contributed by atoms with Crippen molar-refractivity contribution in [3.63, 3.8) is 0 Å². The first kappa shape index (κ1) is 9.72. The molecule has 17 heavy (non-hydrogen) atoms. The maximum atomic E-state index is 4.28. The Hall–Kier alpha value is -2.49. The molecule has 4 nitrogen and oxygen atoms in total. The van der Waals surface area contributed by atoms with E-state index in [0.717, 1.165) is 5.56 Å². The van der Waals surface area contributed by atoms with Crippen molar-refractivity contribution in [1.82, 2.24) is 19.6 Å². The molecule has 0 aliphatic carbocycles. The fraction of sp³-hybridized carbons (Fsp3) is 0. The largest absolute Gasteiger partial charge is 0.252 e. The third-order valence-corrected chi connectivity index (χ3v) is 2.36. The third kappa shape index (κ3) is 2.06. The second kappa shape index (κ2) is 4.17. The van der Waals surface area contributed by atoms with E-state index in [2.05, 4.69) is 15.1 Å². The molecule has 0 spiro atoms. The highest BCUT2D eigenvalue weighted by molar-refractivity contribution is 5.66. The third-order valence-electron chi connectivity index (χ3n) is 2.36. The van der Waals surface area contributed by atoms with E-state index < -0.39 is 0 Å². The molecule has 3 aromatic rings. The van der Waals surface area contributed by atoms with Crippen LogP contribution in [-0.2, 0) is 0 Å². The summed E-state index contributed by atoms with van der Waals surface area (Å²) in [4.78, 5) is 8.39. The Labute approximate surface area is 98.3 Å². The van der Waals surface area contributed by atoms with E-state index >= 15 is 0 Å². The Morgan fingerprint density at radius 3 is 2.71 bits per heavy atom. The first-order valence-electron chi connectivity index (χ1n) is 5.32. The topological polar surface area (TPSA) is 43.1 Å². The van der Waals surface area contributed by atoms with Crippen molar-refractivity contribution < 1.29 is 0 Å². The summed E-state index contributed by atoms with van der Waals surface area (Å²) in [6.07, 6.45) is 7.39. The maximum absolute atomic E-state index is 4.28. The summed E-state index contributed by atoms with van der Waals surface area (Å²) in [7, 11) is 0. The van der Waals surface area contributed by atoms with Crippen molar-refractivity contribution in [2.75, 3.05) is 0 Å². The van der Waals surface area contributed by atoms with Gasteiger partial charge in [0.2, 0.25) is 0 Å². The normalized spacial score (nSPS) is 11.3. The lowest BCUT2D eigenvalue weighted by atomic mass is 10.2. The fourth-order valence-corrected chi connectivity index (χ4v) is 1.55. The number of rotatable bonds is 2. The van der Waals surface area contributed by atoms with Crippen molar-refractivity contribution >= 4 is 17.9 Å². The molecule has 0 aliphatic heterocycles. The van der Waals surface area contributed by atoms with Crippen molar-refractivity contribution in [2.24, 2.45) is 0 Å². The molecular weight excluding hydrogens is 212 g/mol. The second-order valence-electron chi connectivity index (χ2n) is 3.58. The van der Waals surface area contributed by atoms with Crippen LogP contribution in [0.5, 0.6) is 0 Å². The van der Waals surface area contributed by atoms with Gasteiger partial charge in [-0.1, -0.05) is 36.4 Å². The summed E-state index contributed by atoms with van der Waals surface area (Å²) in [5, 5.41) is 4.28. The molecular formula is C13H10N4. The van der Waals surface area contributed by atoms with E-state index in [4.69, 9.17) is 0 Å². The van der Waals surface area contributed by atoms with Crippen LogP contribution >= 0.6 is 0 Å². The number of hydrogen-bond donors (Lipinski definition) is 0. The molecule has 0 saturated carbocycles. The quantitative estimate of drug-likeness (QED) is 0.668. The minimum Gasteiger partial charge on any atom is -0.220 e. The summed E-state index contributed by atoms with van der Waals surface area (Å²) in [5.74, 6) is 1.27. The van der Waals surface area contributed by atoms with E-state index in [0.29, 0.717) is 11.6 Å². The molecule has 0 N–H and O–H groups in total. The first-order chi connectivity index (χ1) is 8.42. The van der Waals surface area contributed by atoms with Gasteiger partial charge in [0.05, 0.1) is 0 Å². The summed E-state index contributed by atoms with van der Waals surface area (Å²) in [6.45, 7) is 0. The van der Waals surface area contributed by atoms with Gasteiger partial charge in [0.25, 0.3) is 5.78 Å². The number of aromatic nitrogens is 4. The van der Waals surface area contributed by atoms with Gasteiger partial charge >= 0.3 is 0 Å². The van der Waals surface area contributed by atoms with Crippen LogP contribution in [0.15, 0.2) is 48.8 Å². The number of fused-ring (bicyclic) bond motifs is 1. The van der Waals surface area contributed by atoms with Crippen molar-refractivity contribution in [2.45, 2.75) is 0 Å². The average molecular weight is 222 g/mol. The zero-order valence-corrected chi connectivity index (χ0v) is 9.06. The highest BCUT2D eigenvalue weighted by Crippen LogP contribution is 2.05. The van der Waals surface area contributed by atoms with Crippen molar-refractivity contribution in [3.05, 3.63) is 60.2 Å². The molecule has 0 amide bonds. The Morgan fingerprint density at radius 1 is 1.00 bits per heavy atom. The zero-order chi connectivity index (χ0) is 11.5. The van der Waals surface area contributed by atoms with E-state index in [1.807, 2.05) is 54.7 Å². The lowest BCUT2D eigenvalue weighted by Crippen LogP contribution is -1.86. The van der Waals surface area contributed by atoms with Gasteiger partial charge in [0, 0.05) is 12.4 Å². The van der Waals surface area contributed by atoms with Gasteiger partial charge in [-0.2, -0.15) is 4.98 Å². The standard InChI is InChI=1S/C13H10N4/c1-2-5-11(6-3-1)7-8-12-15-13-14-9-4-10-17(13)16-12/h1-10H. The molecule has 0 saturated heterocycles. The minimum atomic E-state index is 0.611. The Bertz CT molecular complexity index is 622. The molecule has 0 aliphatic rings. The van der Waals surface area contributed by atoms with Gasteiger partial charge in [0.1, 0.15) is 0 Å². The predicted octanol–water partition coefficient (Wildman–Crippen LogP) is 2.29. The van der Waals surface area contributed by atoms with Gasteiger partial charge in [-0.25, -0.2) is 9.50 Å². The molecule has 1 aromatic carbocycles. The van der Waals surface area contributed by atoms with Crippen LogP contribution in [0.3, 0.4) is 0 Å². The number of hydrogen-bond acceptors (Lipinski definition) is 3. The van der Waals surface area contributed by atoms with Crippen molar-refractivity contribution in [3.8, 4) is 0 Å². The van der Waals surface area contributed by atoms with Crippen LogP contribution in [0, 0.1) is 0 Å². The molecule has 82 valence electrons. The maximum Gasteiger partial charge on any atom is 0.252 e. The smallest absolute Gasteiger partial charge is 0.220 e. The highest BCUT2D eigenvalue weighted by Gasteiger charge is 1.99. The number of benzene rings is 1. The van der Waals surface area contributed by atoms with E-state index in [-0.39, 0.29) is 0 Å². The lowest BCUT2D eigenvalue weighted by molar-refractivity contribution is 0.933. The molecule has 0 atom stereocenters. The minimum absolute atomic E-state index is 0.611. The lowest BCUT2D eigenvalue weighted by Gasteiger charge is -1.88. The zero-order valence-electron chi connectivity index (χ0n) is 9.06. The van der Waals surface area contributed by atoms with Gasteiger partial charge in [0.15, 0.2) is 5.82 Å². The average Bonchev–Trinajstić information content (AvgIpc) is 2.80. The molecule has 3 rings (SSSR count). The second-order valence-corrected chi connectivity index (χ2v) is 3.58. The monoisotopic (exact) mass is 222 g/mol. The van der Waals surface area contributed by atoms with E-state index in [1.54, 1.807) is 10.7 Å². The molecule has 0 radical (unpaired) electrons. The summed E-state index contributed by atoms with van der Waals surface area (Å²) >= 11 is 0. The molecule has 2 aromatic heterocycles. The van der Waals surface area contributed by atoms with Crippen LogP contribution in [0.2, 0.25) is 0 Å². The summed E-state index contributed by atoms with van der Waals surface area (Å²) in [5.41, 5.74) is 1.12.